The number of benzene rings is 4. The summed E-state index contributed by atoms with van der Waals surface area (Å²) in [5.74, 6) is -0.798. The zero-order valence-electron chi connectivity index (χ0n) is 27.0. The molecule has 0 unspecified atom stereocenters. The van der Waals surface area contributed by atoms with E-state index >= 15 is 0 Å². The number of carbonyl (C=O) groups is 2. The molecule has 4 aromatic rings. The van der Waals surface area contributed by atoms with E-state index in [9.17, 15) is 18.0 Å². The van der Waals surface area contributed by atoms with Gasteiger partial charge in [0.25, 0.3) is 10.0 Å². The number of rotatable bonds is 13. The number of anilines is 1. The molecule has 0 heterocycles. The minimum absolute atomic E-state index is 0.00311. The Hall–Kier alpha value is -4.14. The molecular weight excluding hydrogens is 618 g/mol. The summed E-state index contributed by atoms with van der Waals surface area (Å²) in [6.07, 6.45) is 0.976. The lowest BCUT2D eigenvalue weighted by atomic mass is 10.0. The van der Waals surface area contributed by atoms with E-state index in [1.54, 1.807) is 12.1 Å². The van der Waals surface area contributed by atoms with Crippen LogP contribution in [-0.4, -0.2) is 43.8 Å². The molecule has 0 aliphatic heterocycles. The highest BCUT2D eigenvalue weighted by atomic mass is 35.5. The van der Waals surface area contributed by atoms with Crippen molar-refractivity contribution in [2.75, 3.05) is 10.8 Å². The number of aryl methyl sites for hydroxylation is 3. The zero-order valence-corrected chi connectivity index (χ0v) is 28.6. The molecule has 0 saturated heterocycles. The van der Waals surface area contributed by atoms with Gasteiger partial charge < -0.3 is 10.2 Å². The lowest BCUT2D eigenvalue weighted by molar-refractivity contribution is -0.140. The number of amides is 2. The number of nitrogens with one attached hydrogen (secondary N) is 1. The van der Waals surface area contributed by atoms with Crippen molar-refractivity contribution in [2.45, 2.75) is 71.0 Å². The summed E-state index contributed by atoms with van der Waals surface area (Å²) in [4.78, 5) is 30.1. The van der Waals surface area contributed by atoms with Crippen LogP contribution in [0.3, 0.4) is 0 Å². The summed E-state index contributed by atoms with van der Waals surface area (Å²) in [6, 6.07) is 27.4. The molecule has 242 valence electrons. The maximum atomic E-state index is 14.6. The fourth-order valence-corrected chi connectivity index (χ4v) is 6.56. The fourth-order valence-electron chi connectivity index (χ4n) is 5.03. The van der Waals surface area contributed by atoms with Gasteiger partial charge in [0.05, 0.1) is 10.6 Å². The molecule has 0 aliphatic carbocycles. The molecule has 46 heavy (non-hydrogen) atoms. The van der Waals surface area contributed by atoms with Gasteiger partial charge in [-0.25, -0.2) is 8.42 Å². The van der Waals surface area contributed by atoms with Gasteiger partial charge in [-0.1, -0.05) is 84.8 Å². The quantitative estimate of drug-likeness (QED) is 0.167. The van der Waals surface area contributed by atoms with E-state index < -0.39 is 28.5 Å². The third-order valence-electron chi connectivity index (χ3n) is 8.20. The van der Waals surface area contributed by atoms with Crippen LogP contribution in [0.5, 0.6) is 0 Å². The van der Waals surface area contributed by atoms with Crippen molar-refractivity contribution >= 4 is 39.1 Å². The molecule has 0 aromatic heterocycles. The van der Waals surface area contributed by atoms with Crippen LogP contribution < -0.4 is 9.62 Å². The van der Waals surface area contributed by atoms with Crippen molar-refractivity contribution in [1.82, 2.24) is 10.2 Å². The molecule has 2 atom stereocenters. The first-order valence-electron chi connectivity index (χ1n) is 15.4. The smallest absolute Gasteiger partial charge is 0.264 e. The monoisotopic (exact) mass is 659 g/mol. The molecule has 2 amide bonds. The minimum atomic E-state index is -4.21. The Kier molecular flexibility index (Phi) is 11.7. The van der Waals surface area contributed by atoms with E-state index in [1.807, 2.05) is 95.3 Å². The van der Waals surface area contributed by atoms with Crippen molar-refractivity contribution in [3.63, 3.8) is 0 Å². The lowest BCUT2D eigenvalue weighted by Gasteiger charge is -2.34. The number of carbonyl (C=O) groups excluding carboxylic acids is 2. The molecule has 0 aliphatic rings. The van der Waals surface area contributed by atoms with E-state index in [4.69, 9.17) is 11.6 Å². The summed E-state index contributed by atoms with van der Waals surface area (Å²) in [7, 11) is -4.21. The fraction of sp³-hybridized carbons (Fsp3) is 0.297. The summed E-state index contributed by atoms with van der Waals surface area (Å²) < 4.78 is 29.5. The molecule has 0 radical (unpaired) electrons. The molecule has 1 N–H and O–H groups in total. The third-order valence-corrected chi connectivity index (χ3v) is 10.2. The average molecular weight is 660 g/mol. The molecule has 0 saturated carbocycles. The molecule has 4 aromatic carbocycles. The van der Waals surface area contributed by atoms with Crippen molar-refractivity contribution in [3.8, 4) is 0 Å². The topological polar surface area (TPSA) is 86.8 Å². The Morgan fingerprint density at radius 3 is 2.09 bits per heavy atom. The van der Waals surface area contributed by atoms with Gasteiger partial charge in [0.2, 0.25) is 11.8 Å². The molecule has 0 spiro atoms. The minimum Gasteiger partial charge on any atom is -0.352 e. The number of sulfonamides is 1. The van der Waals surface area contributed by atoms with Crippen molar-refractivity contribution < 1.29 is 18.0 Å². The molecule has 7 nitrogen and oxygen atoms in total. The van der Waals surface area contributed by atoms with E-state index in [0.29, 0.717) is 10.7 Å². The second-order valence-corrected chi connectivity index (χ2v) is 14.1. The normalized spacial score (nSPS) is 12.7. The maximum Gasteiger partial charge on any atom is 0.264 e. The van der Waals surface area contributed by atoms with Gasteiger partial charge in [-0.05, 0) is 92.8 Å². The summed E-state index contributed by atoms with van der Waals surface area (Å²) >= 11 is 6.08. The zero-order chi connectivity index (χ0) is 33.4. The highest BCUT2D eigenvalue weighted by Crippen LogP contribution is 2.28. The summed E-state index contributed by atoms with van der Waals surface area (Å²) in [5, 5.41) is 3.46. The van der Waals surface area contributed by atoms with Crippen LogP contribution in [0.25, 0.3) is 0 Å². The number of halogens is 1. The van der Waals surface area contributed by atoms with E-state index in [1.165, 1.54) is 29.2 Å². The van der Waals surface area contributed by atoms with Crippen molar-refractivity contribution in [2.24, 2.45) is 0 Å². The SMILES string of the molecule is CC[C@H](C)NC(=O)[C@H](Cc1ccccc1)N(Cc1ccc(C)cc1)C(=O)CN(c1ccc(C)c(C)c1)S(=O)(=O)c1ccc(Cl)cc1. The Balaban J connectivity index is 1.82. The van der Waals surface area contributed by atoms with Crippen LogP contribution in [0, 0.1) is 20.8 Å². The van der Waals surface area contributed by atoms with E-state index in [0.717, 1.165) is 38.5 Å². The standard InChI is InChI=1S/C37H42ClN3O4S/c1-6-29(5)39-37(43)35(23-30-10-8-7-9-11-30)40(24-31-15-12-26(2)13-16-31)36(42)25-41(33-19-14-27(3)28(4)22-33)46(44,45)34-20-17-32(38)18-21-34/h7-22,29,35H,6,23-25H2,1-5H3,(H,39,43)/t29-,35-/m0/s1. The molecule has 0 bridgehead atoms. The van der Waals surface area contributed by atoms with E-state index in [2.05, 4.69) is 5.32 Å². The van der Waals surface area contributed by atoms with Gasteiger partial charge in [0, 0.05) is 24.0 Å². The Bertz CT molecular complexity index is 1740. The van der Waals surface area contributed by atoms with Crippen molar-refractivity contribution in [1.29, 1.82) is 0 Å². The summed E-state index contributed by atoms with van der Waals surface area (Å²) in [6.45, 7) is 9.32. The van der Waals surface area contributed by atoms with Crippen LogP contribution in [-0.2, 0) is 32.6 Å². The second kappa shape index (κ2) is 15.4. The molecular formula is C37H42ClN3O4S. The predicted molar refractivity (Wildman–Crippen MR) is 185 cm³/mol. The molecule has 0 fully saturated rings. The van der Waals surface area contributed by atoms with Crippen LogP contribution in [0.4, 0.5) is 5.69 Å². The average Bonchev–Trinajstić information content (AvgIpc) is 3.04. The first-order valence-corrected chi connectivity index (χ1v) is 17.3. The Labute approximate surface area is 278 Å². The van der Waals surface area contributed by atoms with Gasteiger partial charge in [-0.3, -0.25) is 13.9 Å². The first kappa shape index (κ1) is 34.7. The third kappa shape index (κ3) is 8.77. The number of hydrogen-bond acceptors (Lipinski definition) is 4. The van der Waals surface area contributed by atoms with Crippen LogP contribution in [0.1, 0.15) is 48.1 Å². The second-order valence-electron chi connectivity index (χ2n) is 11.8. The van der Waals surface area contributed by atoms with Crippen LogP contribution >= 0.6 is 11.6 Å². The van der Waals surface area contributed by atoms with Crippen LogP contribution in [0.15, 0.2) is 102 Å². The lowest BCUT2D eigenvalue weighted by Crippen LogP contribution is -2.54. The first-order chi connectivity index (χ1) is 21.9. The van der Waals surface area contributed by atoms with Gasteiger partial charge in [0.1, 0.15) is 12.6 Å². The molecule has 9 heteroatoms. The maximum absolute atomic E-state index is 14.6. The number of hydrogen-bond donors (Lipinski definition) is 1. The van der Waals surface area contributed by atoms with E-state index in [-0.39, 0.29) is 29.8 Å². The number of nitrogens with zero attached hydrogens (tertiary/aromatic N) is 2. The highest BCUT2D eigenvalue weighted by molar-refractivity contribution is 7.92. The van der Waals surface area contributed by atoms with Crippen molar-refractivity contribution in [3.05, 3.63) is 130 Å². The largest absolute Gasteiger partial charge is 0.352 e. The molecule has 4 rings (SSSR count). The van der Waals surface area contributed by atoms with Gasteiger partial charge >= 0.3 is 0 Å². The van der Waals surface area contributed by atoms with Crippen LogP contribution in [0.2, 0.25) is 5.02 Å². The van der Waals surface area contributed by atoms with Gasteiger partial charge in [-0.15, -0.1) is 0 Å². The Morgan fingerprint density at radius 2 is 1.48 bits per heavy atom. The Morgan fingerprint density at radius 1 is 0.826 bits per heavy atom. The summed E-state index contributed by atoms with van der Waals surface area (Å²) in [5.41, 5.74) is 4.99. The predicted octanol–water partition coefficient (Wildman–Crippen LogP) is 7.02. The van der Waals surface area contributed by atoms with Gasteiger partial charge in [-0.2, -0.15) is 0 Å². The van der Waals surface area contributed by atoms with Gasteiger partial charge in [0.15, 0.2) is 0 Å². The highest BCUT2D eigenvalue weighted by Gasteiger charge is 2.35.